The number of fused-ring (bicyclic) bond motifs is 3. The third-order valence-corrected chi connectivity index (χ3v) is 6.74. The Balaban J connectivity index is 2.27. The van der Waals surface area contributed by atoms with Gasteiger partial charge in [0.25, 0.3) is 0 Å². The van der Waals surface area contributed by atoms with Crippen LogP contribution in [-0.4, -0.2) is 9.55 Å². The van der Waals surface area contributed by atoms with Gasteiger partial charge in [0.15, 0.2) is 0 Å². The molecule has 0 unspecified atom stereocenters. The molecule has 0 saturated heterocycles. The van der Waals surface area contributed by atoms with E-state index in [2.05, 4.69) is 73.1 Å². The van der Waals surface area contributed by atoms with Crippen molar-refractivity contribution >= 4 is 21.9 Å². The highest BCUT2D eigenvalue weighted by Crippen LogP contribution is 2.43. The number of aromatic nitrogens is 2. The molecule has 0 N–H and O–H groups in total. The summed E-state index contributed by atoms with van der Waals surface area (Å²) in [7, 11) is 2.08. The molecule has 27 heavy (non-hydrogen) atoms. The number of aryl methyl sites for hydroxylation is 5. The van der Waals surface area contributed by atoms with Crippen LogP contribution in [-0.2, 0) is 7.05 Å². The van der Waals surface area contributed by atoms with Gasteiger partial charge in [0.1, 0.15) is 17.0 Å². The normalized spacial score (nSPS) is 11.9. The van der Waals surface area contributed by atoms with Crippen molar-refractivity contribution in [1.29, 1.82) is 0 Å². The van der Waals surface area contributed by atoms with Gasteiger partial charge in [-0.3, -0.25) is 0 Å². The maximum atomic E-state index is 6.57. The van der Waals surface area contributed by atoms with Crippen molar-refractivity contribution in [3.05, 3.63) is 50.8 Å². The predicted molar refractivity (Wildman–Crippen MR) is 114 cm³/mol. The van der Waals surface area contributed by atoms with Gasteiger partial charge in [-0.25, -0.2) is 4.98 Å². The van der Waals surface area contributed by atoms with Crippen LogP contribution in [0.3, 0.4) is 0 Å². The van der Waals surface area contributed by atoms with Crippen molar-refractivity contribution in [2.45, 2.75) is 55.4 Å². The molecule has 0 saturated carbocycles. The standard InChI is InChI=1S/C24H28N2O/c1-11-10-19(24-25-17(7)18(8)26(24)9)23-20(12(11)2)21-15(5)13(3)14(4)16(6)22(21)27-23/h10H,1-9H3. The second-order valence-electron chi connectivity index (χ2n) is 8.04. The first-order chi connectivity index (χ1) is 12.6. The van der Waals surface area contributed by atoms with Gasteiger partial charge in [0.05, 0.1) is 11.3 Å². The molecule has 0 amide bonds. The van der Waals surface area contributed by atoms with E-state index in [9.17, 15) is 0 Å². The van der Waals surface area contributed by atoms with E-state index in [1.165, 1.54) is 49.8 Å². The zero-order valence-corrected chi connectivity index (χ0v) is 17.9. The third kappa shape index (κ3) is 2.24. The molecule has 3 heteroatoms. The van der Waals surface area contributed by atoms with Gasteiger partial charge < -0.3 is 8.98 Å². The highest BCUT2D eigenvalue weighted by Gasteiger charge is 2.23. The Morgan fingerprint density at radius 3 is 1.93 bits per heavy atom. The summed E-state index contributed by atoms with van der Waals surface area (Å²) in [5.41, 5.74) is 13.1. The van der Waals surface area contributed by atoms with Crippen LogP contribution in [0.4, 0.5) is 0 Å². The van der Waals surface area contributed by atoms with Gasteiger partial charge in [-0.15, -0.1) is 0 Å². The van der Waals surface area contributed by atoms with Crippen LogP contribution in [0.5, 0.6) is 0 Å². The quantitative estimate of drug-likeness (QED) is 0.390. The lowest BCUT2D eigenvalue weighted by Gasteiger charge is -2.11. The number of nitrogens with zero attached hydrogens (tertiary/aromatic N) is 2. The van der Waals surface area contributed by atoms with Crippen molar-refractivity contribution in [2.75, 3.05) is 0 Å². The molecule has 0 radical (unpaired) electrons. The molecule has 2 heterocycles. The van der Waals surface area contributed by atoms with Crippen molar-refractivity contribution < 1.29 is 4.42 Å². The zero-order valence-electron chi connectivity index (χ0n) is 17.9. The molecule has 2 aromatic heterocycles. The molecular weight excluding hydrogens is 332 g/mol. The lowest BCUT2D eigenvalue weighted by molar-refractivity contribution is 0.664. The number of hydrogen-bond acceptors (Lipinski definition) is 2. The minimum Gasteiger partial charge on any atom is -0.455 e. The van der Waals surface area contributed by atoms with E-state index >= 15 is 0 Å². The van der Waals surface area contributed by atoms with Gasteiger partial charge in [0.2, 0.25) is 0 Å². The summed E-state index contributed by atoms with van der Waals surface area (Å²) in [6.45, 7) is 17.4. The van der Waals surface area contributed by atoms with Gasteiger partial charge in [-0.2, -0.15) is 0 Å². The molecule has 140 valence electrons. The third-order valence-electron chi connectivity index (χ3n) is 6.74. The molecule has 0 aliphatic heterocycles. The maximum Gasteiger partial charge on any atom is 0.146 e. The van der Waals surface area contributed by atoms with Gasteiger partial charge in [0, 0.05) is 23.5 Å². The topological polar surface area (TPSA) is 31.0 Å². The molecule has 2 aromatic carbocycles. The molecule has 0 bridgehead atoms. The zero-order chi connectivity index (χ0) is 19.8. The molecule has 0 aliphatic carbocycles. The minimum atomic E-state index is 0.956. The van der Waals surface area contributed by atoms with Crippen LogP contribution in [0.15, 0.2) is 10.5 Å². The van der Waals surface area contributed by atoms with E-state index in [1.54, 1.807) is 0 Å². The molecule has 0 aliphatic rings. The Morgan fingerprint density at radius 1 is 0.741 bits per heavy atom. The highest BCUT2D eigenvalue weighted by atomic mass is 16.3. The first-order valence-corrected chi connectivity index (χ1v) is 9.58. The fourth-order valence-corrected chi connectivity index (χ4v) is 4.23. The first kappa shape index (κ1) is 17.8. The largest absolute Gasteiger partial charge is 0.455 e. The van der Waals surface area contributed by atoms with E-state index in [1.807, 2.05) is 0 Å². The summed E-state index contributed by atoms with van der Waals surface area (Å²) in [4.78, 5) is 4.85. The number of furan rings is 1. The minimum absolute atomic E-state index is 0.956. The summed E-state index contributed by atoms with van der Waals surface area (Å²) >= 11 is 0. The van der Waals surface area contributed by atoms with Crippen LogP contribution in [0, 0.1) is 55.4 Å². The monoisotopic (exact) mass is 360 g/mol. The molecule has 4 aromatic rings. The lowest BCUT2D eigenvalue weighted by Crippen LogP contribution is -1.97. The van der Waals surface area contributed by atoms with Crippen LogP contribution in [0.25, 0.3) is 33.3 Å². The number of rotatable bonds is 1. The van der Waals surface area contributed by atoms with Crippen LogP contribution in [0.2, 0.25) is 0 Å². The average Bonchev–Trinajstić information content (AvgIpc) is 3.15. The highest BCUT2D eigenvalue weighted by molar-refractivity contribution is 6.13. The first-order valence-electron chi connectivity index (χ1n) is 9.58. The van der Waals surface area contributed by atoms with Crippen LogP contribution in [0.1, 0.15) is 44.8 Å². The van der Waals surface area contributed by atoms with Gasteiger partial charge in [-0.1, -0.05) is 0 Å². The Labute approximate surface area is 161 Å². The molecule has 0 atom stereocenters. The van der Waals surface area contributed by atoms with E-state index in [0.717, 1.165) is 28.2 Å². The van der Waals surface area contributed by atoms with E-state index in [0.29, 0.717) is 0 Å². The lowest BCUT2D eigenvalue weighted by atomic mass is 9.91. The Bertz CT molecular complexity index is 1250. The molecule has 0 fully saturated rings. The summed E-state index contributed by atoms with van der Waals surface area (Å²) in [5, 5.41) is 2.50. The second-order valence-corrected chi connectivity index (χ2v) is 8.04. The second kappa shape index (κ2) is 5.72. The number of imidazole rings is 1. The number of benzene rings is 2. The maximum absolute atomic E-state index is 6.57. The van der Waals surface area contributed by atoms with Gasteiger partial charge in [-0.05, 0) is 94.8 Å². The van der Waals surface area contributed by atoms with E-state index < -0.39 is 0 Å². The smallest absolute Gasteiger partial charge is 0.146 e. The van der Waals surface area contributed by atoms with Crippen molar-refractivity contribution in [2.24, 2.45) is 7.05 Å². The summed E-state index contributed by atoms with van der Waals surface area (Å²) in [6, 6.07) is 2.23. The predicted octanol–water partition coefficient (Wildman–Crippen LogP) is 6.45. The number of hydrogen-bond donors (Lipinski definition) is 0. The van der Waals surface area contributed by atoms with Gasteiger partial charge >= 0.3 is 0 Å². The average molecular weight is 361 g/mol. The fourth-order valence-electron chi connectivity index (χ4n) is 4.23. The summed E-state index contributed by atoms with van der Waals surface area (Å²) in [6.07, 6.45) is 0. The fraction of sp³-hybridized carbons (Fsp3) is 0.375. The van der Waals surface area contributed by atoms with E-state index in [4.69, 9.17) is 9.40 Å². The van der Waals surface area contributed by atoms with Crippen molar-refractivity contribution in [3.63, 3.8) is 0 Å². The summed E-state index contributed by atoms with van der Waals surface area (Å²) in [5.74, 6) is 0.973. The molecule has 3 nitrogen and oxygen atoms in total. The Hall–Kier alpha value is -2.55. The van der Waals surface area contributed by atoms with Crippen LogP contribution < -0.4 is 0 Å². The molecule has 0 spiro atoms. The molecular formula is C24H28N2O. The Morgan fingerprint density at radius 2 is 1.33 bits per heavy atom. The van der Waals surface area contributed by atoms with Crippen molar-refractivity contribution in [3.8, 4) is 11.4 Å². The SMILES string of the molecule is Cc1cc(-c2nc(C)c(C)n2C)c2oc3c(C)c(C)c(C)c(C)c3c2c1C. The molecule has 4 rings (SSSR count). The summed E-state index contributed by atoms with van der Waals surface area (Å²) < 4.78 is 8.74. The Kier molecular flexibility index (Phi) is 3.78. The van der Waals surface area contributed by atoms with Crippen LogP contribution >= 0.6 is 0 Å². The van der Waals surface area contributed by atoms with E-state index in [-0.39, 0.29) is 0 Å². The van der Waals surface area contributed by atoms with Crippen molar-refractivity contribution in [1.82, 2.24) is 9.55 Å².